The largest absolute Gasteiger partial charge is 0.461 e. The van der Waals surface area contributed by atoms with Crippen molar-refractivity contribution in [2.75, 3.05) is 40.7 Å². The van der Waals surface area contributed by atoms with Crippen molar-refractivity contribution >= 4 is 25.9 Å². The molecule has 77 heavy (non-hydrogen) atoms. The van der Waals surface area contributed by atoms with Crippen LogP contribution in [0.5, 0.6) is 0 Å². The third-order valence-electron chi connectivity index (χ3n) is 15.6. The minimum Gasteiger partial charge on any atom is -0.461 e. The molecule has 13 nitrogen and oxygen atoms in total. The van der Waals surface area contributed by atoms with Crippen molar-refractivity contribution < 1.29 is 53.8 Å². The Balaban J connectivity index is 3.45. The number of aliphatic hydroxyl groups is 4. The van der Waals surface area contributed by atoms with Gasteiger partial charge in [-0.05, 0) is 51.9 Å². The van der Waals surface area contributed by atoms with Crippen LogP contribution in [0.1, 0.15) is 245 Å². The number of hydrogen-bond acceptors (Lipinski definition) is 12. The molecule has 450 valence electrons. The van der Waals surface area contributed by atoms with E-state index in [1.54, 1.807) is 50.2 Å². The van der Waals surface area contributed by atoms with Gasteiger partial charge < -0.3 is 44.7 Å². The summed E-state index contributed by atoms with van der Waals surface area (Å²) in [5, 5.41) is 49.5. The number of hydrogen-bond donors (Lipinski definition) is 5. The molecule has 6 atom stereocenters. The smallest absolute Gasteiger partial charge is 0.331 e. The Bertz CT molecular complexity index is 1580. The van der Waals surface area contributed by atoms with E-state index < -0.39 is 80.7 Å². The van der Waals surface area contributed by atoms with Crippen molar-refractivity contribution in [2.24, 2.45) is 5.92 Å². The topological polar surface area (TPSA) is 184 Å². The van der Waals surface area contributed by atoms with Gasteiger partial charge in [-0.2, -0.15) is 0 Å². The summed E-state index contributed by atoms with van der Waals surface area (Å²) in [6, 6.07) is 9.99. The molecule has 5 N–H and O–H groups in total. The maximum atomic E-state index is 14.6. The summed E-state index contributed by atoms with van der Waals surface area (Å²) in [6.45, 7) is 13.8. The Morgan fingerprint density at radius 1 is 0.649 bits per heavy atom. The van der Waals surface area contributed by atoms with Crippen LogP contribution in [0.3, 0.4) is 0 Å². The zero-order valence-electron chi connectivity index (χ0n) is 50.7. The fraction of sp³-hybridized carbons (Fsp3) is 0.857. The first-order valence-corrected chi connectivity index (χ1v) is 34.9. The Morgan fingerprint density at radius 2 is 1.08 bits per heavy atom. The van der Waals surface area contributed by atoms with Gasteiger partial charge in [-0.1, -0.05) is 257 Å². The fourth-order valence-corrected chi connectivity index (χ4v) is 10.7. The van der Waals surface area contributed by atoms with Gasteiger partial charge >= 0.3 is 11.9 Å². The lowest BCUT2D eigenvalue weighted by Crippen LogP contribution is -2.66. The molecule has 0 aliphatic rings. The van der Waals surface area contributed by atoms with E-state index in [1.165, 1.54) is 109 Å². The Labute approximate surface area is 471 Å². The number of rotatable bonds is 52. The normalized spacial score (nSPS) is 15.2. The van der Waals surface area contributed by atoms with E-state index in [2.05, 4.69) is 45.7 Å². The second-order valence-corrected chi connectivity index (χ2v) is 29.7. The first-order chi connectivity index (χ1) is 36.9. The summed E-state index contributed by atoms with van der Waals surface area (Å²) in [7, 11) is 2.11. The number of carbonyl (C=O) groups excluding carboxylic acids is 3. The van der Waals surface area contributed by atoms with Crippen LogP contribution in [0.15, 0.2) is 30.3 Å². The van der Waals surface area contributed by atoms with Crippen molar-refractivity contribution in [3.63, 3.8) is 0 Å². The second-order valence-electron chi connectivity index (χ2n) is 24.1. The van der Waals surface area contributed by atoms with Crippen LogP contribution in [0.4, 0.5) is 0 Å². The zero-order valence-corrected chi connectivity index (χ0v) is 51.7. The van der Waals surface area contributed by atoms with Crippen LogP contribution in [0.25, 0.3) is 0 Å². The SMILES string of the molecule is CCCCCCCCCCCCC(CCCCCCCCCCCC)C(=O)O[C@@H]([C@H](O)[C@H](O)COC(=O)[C@](C)(c1ccccc1)N(C)C)[C@@](O)(CO)NC(=O)C[C@@H](CCCCCCCCCCC)OCOCC[Si](C)(C)C. The molecule has 0 spiro atoms. The molecule has 0 saturated carbocycles. The number of likely N-dealkylation sites (N-methyl/N-ethyl adjacent to an activating group) is 1. The van der Waals surface area contributed by atoms with Crippen LogP contribution in [-0.2, 0) is 38.9 Å². The number of benzene rings is 1. The van der Waals surface area contributed by atoms with Gasteiger partial charge in [0.05, 0.1) is 25.0 Å². The summed E-state index contributed by atoms with van der Waals surface area (Å²) in [5.41, 5.74) is -3.39. The molecule has 1 aromatic rings. The van der Waals surface area contributed by atoms with Crippen LogP contribution >= 0.6 is 0 Å². The lowest BCUT2D eigenvalue weighted by molar-refractivity contribution is -0.215. The van der Waals surface area contributed by atoms with Gasteiger partial charge in [0, 0.05) is 14.7 Å². The highest BCUT2D eigenvalue weighted by atomic mass is 28.3. The number of esters is 2. The standard InChI is InChI=1S/C63H118N2O11Si/c1-10-13-16-19-22-25-28-30-33-37-42-53(43-38-34-31-29-26-23-20-17-14-11-2)60(70)76-59(58(69)56(67)50-74-61(71)62(4,65(5)6)54-44-39-36-40-45-54)63(72,51-66)64-57(68)49-55(75-52-73-47-48-77(7,8)9)46-41-35-32-27-24-21-18-15-12-3/h36,39-40,44-45,53,55-56,58-59,66-67,69,72H,10-35,37-38,41-43,46-52H2,1-9H3,(H,64,68)/t55-,56-,58-,59+,62+,63+/m1/s1. The summed E-state index contributed by atoms with van der Waals surface area (Å²) in [5.74, 6) is -2.72. The molecular weight excluding hydrogens is 989 g/mol. The average molecular weight is 1110 g/mol. The molecule has 14 heteroatoms. The van der Waals surface area contributed by atoms with Crippen molar-refractivity contribution in [3.8, 4) is 0 Å². The Morgan fingerprint density at radius 3 is 1.49 bits per heavy atom. The number of carbonyl (C=O) groups is 3. The molecule has 0 saturated heterocycles. The number of nitrogens with one attached hydrogen (secondary N) is 1. The predicted octanol–water partition coefficient (Wildman–Crippen LogP) is 13.7. The van der Waals surface area contributed by atoms with Crippen LogP contribution in [0.2, 0.25) is 25.7 Å². The third kappa shape index (κ3) is 33.2. The first kappa shape index (κ1) is 72.6. The van der Waals surface area contributed by atoms with Gasteiger partial charge in [0.2, 0.25) is 11.6 Å². The lowest BCUT2D eigenvalue weighted by atomic mass is 9.91. The molecule has 0 heterocycles. The molecule has 1 amide bonds. The van der Waals surface area contributed by atoms with Gasteiger partial charge in [0.1, 0.15) is 31.1 Å². The van der Waals surface area contributed by atoms with Crippen molar-refractivity contribution in [1.29, 1.82) is 0 Å². The van der Waals surface area contributed by atoms with E-state index in [9.17, 15) is 34.8 Å². The van der Waals surface area contributed by atoms with E-state index in [4.69, 9.17) is 18.9 Å². The Kier molecular flexibility index (Phi) is 41.7. The Hall–Kier alpha value is -2.43. The maximum Gasteiger partial charge on any atom is 0.331 e. The van der Waals surface area contributed by atoms with Gasteiger partial charge in [-0.15, -0.1) is 0 Å². The lowest BCUT2D eigenvalue weighted by Gasteiger charge is -2.39. The van der Waals surface area contributed by atoms with E-state index >= 15 is 0 Å². The van der Waals surface area contributed by atoms with Crippen molar-refractivity contribution in [3.05, 3.63) is 35.9 Å². The molecule has 0 aromatic heterocycles. The molecule has 0 radical (unpaired) electrons. The molecule has 1 rings (SSSR count). The molecular formula is C63H118N2O11Si. The molecule has 0 aliphatic carbocycles. The third-order valence-corrected chi connectivity index (χ3v) is 17.3. The second kappa shape index (κ2) is 44.3. The van der Waals surface area contributed by atoms with E-state index in [0.29, 0.717) is 31.4 Å². The summed E-state index contributed by atoms with van der Waals surface area (Å²) in [6.07, 6.45) is 27.7. The monoisotopic (exact) mass is 1110 g/mol. The highest BCUT2D eigenvalue weighted by Gasteiger charge is 2.49. The zero-order chi connectivity index (χ0) is 57.2. The van der Waals surface area contributed by atoms with E-state index in [0.717, 1.165) is 83.1 Å². The van der Waals surface area contributed by atoms with Crippen LogP contribution in [-0.4, -0.2) is 122 Å². The summed E-state index contributed by atoms with van der Waals surface area (Å²) in [4.78, 5) is 44.2. The quantitative estimate of drug-likeness (QED) is 0.0180. The van der Waals surface area contributed by atoms with Crippen molar-refractivity contribution in [1.82, 2.24) is 10.2 Å². The first-order valence-electron chi connectivity index (χ1n) is 31.2. The molecule has 0 bridgehead atoms. The van der Waals surface area contributed by atoms with Gasteiger partial charge in [-0.25, -0.2) is 4.79 Å². The van der Waals surface area contributed by atoms with Crippen LogP contribution in [0, 0.1) is 5.92 Å². The fourth-order valence-electron chi connectivity index (χ4n) is 9.94. The molecule has 0 unspecified atom stereocenters. The van der Waals surface area contributed by atoms with E-state index in [-0.39, 0.29) is 13.2 Å². The molecule has 0 fully saturated rings. The van der Waals surface area contributed by atoms with E-state index in [1.807, 2.05) is 6.07 Å². The number of nitrogens with zero attached hydrogens (tertiary/aromatic N) is 1. The van der Waals surface area contributed by atoms with Crippen molar-refractivity contribution in [2.45, 2.75) is 301 Å². The number of amides is 1. The number of aliphatic hydroxyl groups excluding tert-OH is 3. The maximum absolute atomic E-state index is 14.6. The minimum atomic E-state index is -2.76. The van der Waals surface area contributed by atoms with Crippen LogP contribution < -0.4 is 5.32 Å². The average Bonchev–Trinajstić information content (AvgIpc) is 3.41. The number of ether oxygens (including phenoxy) is 4. The molecule has 1 aromatic carbocycles. The highest BCUT2D eigenvalue weighted by molar-refractivity contribution is 6.76. The van der Waals surface area contributed by atoms with Gasteiger partial charge in [0.15, 0.2) is 6.10 Å². The van der Waals surface area contributed by atoms with Gasteiger partial charge in [0.25, 0.3) is 0 Å². The molecule has 0 aliphatic heterocycles. The summed E-state index contributed by atoms with van der Waals surface area (Å²) >= 11 is 0. The minimum absolute atomic E-state index is 0.00931. The predicted molar refractivity (Wildman–Crippen MR) is 317 cm³/mol. The highest BCUT2D eigenvalue weighted by Crippen LogP contribution is 2.30. The number of unbranched alkanes of at least 4 members (excludes halogenated alkanes) is 26. The summed E-state index contributed by atoms with van der Waals surface area (Å²) < 4.78 is 23.8. The van der Waals surface area contributed by atoms with Gasteiger partial charge in [-0.3, -0.25) is 14.5 Å².